The fourth-order valence-corrected chi connectivity index (χ4v) is 4.96. The predicted molar refractivity (Wildman–Crippen MR) is 133 cm³/mol. The molecule has 1 aliphatic rings. The van der Waals surface area contributed by atoms with Crippen LogP contribution in [0.3, 0.4) is 0 Å². The second-order valence-corrected chi connectivity index (χ2v) is 9.52. The van der Waals surface area contributed by atoms with E-state index in [4.69, 9.17) is 0 Å². The van der Waals surface area contributed by atoms with Crippen molar-refractivity contribution in [2.24, 2.45) is 0 Å². The van der Waals surface area contributed by atoms with Gasteiger partial charge >= 0.3 is 0 Å². The Balaban J connectivity index is 1.47. The minimum Gasteiger partial charge on any atom is -0.372 e. The van der Waals surface area contributed by atoms with Crippen LogP contribution >= 0.6 is 11.8 Å². The van der Waals surface area contributed by atoms with Crippen molar-refractivity contribution in [3.63, 3.8) is 0 Å². The summed E-state index contributed by atoms with van der Waals surface area (Å²) < 4.78 is 1.68. The van der Waals surface area contributed by atoms with Gasteiger partial charge in [0.15, 0.2) is 5.16 Å². The molecule has 0 spiro atoms. The molecule has 1 unspecified atom stereocenters. The van der Waals surface area contributed by atoms with Crippen molar-refractivity contribution in [3.05, 3.63) is 58.9 Å². The maximum atomic E-state index is 12.9. The first kappa shape index (κ1) is 22.4. The highest BCUT2D eigenvalue weighted by molar-refractivity contribution is 8.00. The van der Waals surface area contributed by atoms with Gasteiger partial charge in [-0.1, -0.05) is 30.8 Å². The molecule has 6 nitrogen and oxygen atoms in total. The van der Waals surface area contributed by atoms with Crippen LogP contribution in [0, 0.1) is 0 Å². The smallest absolute Gasteiger partial charge is 0.262 e. The highest BCUT2D eigenvalue weighted by atomic mass is 32.2. The number of carbonyl (C=O) groups excluding carboxylic acids is 1. The van der Waals surface area contributed by atoms with E-state index >= 15 is 0 Å². The van der Waals surface area contributed by atoms with Crippen LogP contribution in [-0.2, 0) is 11.3 Å². The first-order valence-corrected chi connectivity index (χ1v) is 12.3. The third-order valence-corrected chi connectivity index (χ3v) is 6.87. The number of rotatable bonds is 7. The Bertz CT molecular complexity index is 1140. The van der Waals surface area contributed by atoms with Crippen LogP contribution < -0.4 is 15.8 Å². The van der Waals surface area contributed by atoms with Gasteiger partial charge < -0.3 is 10.2 Å². The number of fused-ring (bicyclic) bond motifs is 1. The Labute approximate surface area is 193 Å². The quantitative estimate of drug-likeness (QED) is 0.409. The maximum Gasteiger partial charge on any atom is 0.262 e. The van der Waals surface area contributed by atoms with Crippen molar-refractivity contribution in [1.29, 1.82) is 0 Å². The largest absolute Gasteiger partial charge is 0.372 e. The second kappa shape index (κ2) is 10.2. The third kappa shape index (κ3) is 4.99. The van der Waals surface area contributed by atoms with Crippen LogP contribution in [0.4, 0.5) is 11.4 Å². The number of nitrogens with one attached hydrogen (secondary N) is 1. The number of nitrogens with zero attached hydrogens (tertiary/aromatic N) is 3. The summed E-state index contributed by atoms with van der Waals surface area (Å²) in [5.41, 5.74) is 2.59. The molecule has 0 bridgehead atoms. The number of amides is 1. The summed E-state index contributed by atoms with van der Waals surface area (Å²) in [6.07, 6.45) is 4.59. The first-order chi connectivity index (χ1) is 15.6. The third-order valence-electron chi connectivity index (χ3n) is 5.78. The molecule has 2 heterocycles. The highest BCUT2D eigenvalue weighted by Crippen LogP contribution is 2.25. The fourth-order valence-electron chi connectivity index (χ4n) is 4.02. The van der Waals surface area contributed by atoms with Crippen LogP contribution in [0.5, 0.6) is 0 Å². The fraction of sp³-hybridized carbons (Fsp3) is 0.400. The average molecular weight is 451 g/mol. The zero-order valence-electron chi connectivity index (χ0n) is 18.7. The van der Waals surface area contributed by atoms with E-state index in [2.05, 4.69) is 27.3 Å². The summed E-state index contributed by atoms with van der Waals surface area (Å²) in [7, 11) is 0. The minimum atomic E-state index is -0.395. The van der Waals surface area contributed by atoms with Crippen molar-refractivity contribution >= 4 is 39.9 Å². The SMILES string of the molecule is CCCn1c(SC(C)C(=O)Nc2ccc(N3CCCCC3)cc2)nc2ccccc2c1=O. The normalized spacial score (nSPS) is 15.0. The van der Waals surface area contributed by atoms with E-state index < -0.39 is 5.25 Å². The molecule has 0 aliphatic carbocycles. The van der Waals surface area contributed by atoms with Crippen LogP contribution in [0.1, 0.15) is 39.5 Å². The van der Waals surface area contributed by atoms with E-state index in [1.165, 1.54) is 36.7 Å². The van der Waals surface area contributed by atoms with Crippen LogP contribution in [0.2, 0.25) is 0 Å². The molecule has 32 heavy (non-hydrogen) atoms. The number of hydrogen-bond donors (Lipinski definition) is 1. The number of anilines is 2. The lowest BCUT2D eigenvalue weighted by Gasteiger charge is -2.28. The van der Waals surface area contributed by atoms with Gasteiger partial charge in [0.05, 0.1) is 16.2 Å². The van der Waals surface area contributed by atoms with Crippen LogP contribution in [-0.4, -0.2) is 33.8 Å². The molecule has 1 atom stereocenters. The van der Waals surface area contributed by atoms with E-state index in [9.17, 15) is 9.59 Å². The Hall–Kier alpha value is -2.80. The number of piperidine rings is 1. The molecule has 168 valence electrons. The number of benzene rings is 2. The minimum absolute atomic E-state index is 0.0548. The van der Waals surface area contributed by atoms with Gasteiger partial charge in [-0.25, -0.2) is 4.98 Å². The molecule has 7 heteroatoms. The highest BCUT2D eigenvalue weighted by Gasteiger charge is 2.20. The lowest BCUT2D eigenvalue weighted by molar-refractivity contribution is -0.115. The molecular weight excluding hydrogens is 420 g/mol. The van der Waals surface area contributed by atoms with Gasteiger partial charge in [0.1, 0.15) is 0 Å². The molecule has 1 fully saturated rings. The number of carbonyl (C=O) groups is 1. The van der Waals surface area contributed by atoms with E-state index in [1.807, 2.05) is 44.2 Å². The Morgan fingerprint density at radius 3 is 2.53 bits per heavy atom. The molecule has 1 saturated heterocycles. The van der Waals surface area contributed by atoms with Crippen molar-refractivity contribution in [3.8, 4) is 0 Å². The van der Waals surface area contributed by atoms with E-state index in [0.29, 0.717) is 22.6 Å². The summed E-state index contributed by atoms with van der Waals surface area (Å²) in [6, 6.07) is 15.4. The Kier molecular flexibility index (Phi) is 7.15. The van der Waals surface area contributed by atoms with Gasteiger partial charge in [0.2, 0.25) is 5.91 Å². The molecule has 2 aromatic carbocycles. The number of para-hydroxylation sites is 1. The average Bonchev–Trinajstić information content (AvgIpc) is 2.82. The maximum absolute atomic E-state index is 12.9. The van der Waals surface area contributed by atoms with Crippen molar-refractivity contribution in [1.82, 2.24) is 9.55 Å². The molecule has 0 saturated carbocycles. The molecule has 0 radical (unpaired) electrons. The van der Waals surface area contributed by atoms with Gasteiger partial charge in [-0.3, -0.25) is 14.2 Å². The molecule has 1 aliphatic heterocycles. The standard InChI is InChI=1S/C25H30N4O2S/c1-3-15-29-24(31)21-9-5-6-10-22(21)27-25(29)32-18(2)23(30)26-19-11-13-20(14-12-19)28-16-7-4-8-17-28/h5-6,9-14,18H,3-4,7-8,15-17H2,1-2H3,(H,26,30). The second-order valence-electron chi connectivity index (χ2n) is 8.21. The molecular formula is C25H30N4O2S. The summed E-state index contributed by atoms with van der Waals surface area (Å²) in [6.45, 7) is 6.64. The molecule has 1 amide bonds. The van der Waals surface area contributed by atoms with Gasteiger partial charge in [0, 0.05) is 31.0 Å². The summed E-state index contributed by atoms with van der Waals surface area (Å²) in [5, 5.41) is 3.80. The lowest BCUT2D eigenvalue weighted by Crippen LogP contribution is -2.29. The van der Waals surface area contributed by atoms with E-state index in [0.717, 1.165) is 25.2 Å². The van der Waals surface area contributed by atoms with Crippen LogP contribution in [0.15, 0.2) is 58.5 Å². The topological polar surface area (TPSA) is 67.2 Å². The van der Waals surface area contributed by atoms with Crippen LogP contribution in [0.25, 0.3) is 10.9 Å². The lowest BCUT2D eigenvalue weighted by atomic mass is 10.1. The summed E-state index contributed by atoms with van der Waals surface area (Å²) in [5.74, 6) is -0.105. The summed E-state index contributed by atoms with van der Waals surface area (Å²) in [4.78, 5) is 32.9. The van der Waals surface area contributed by atoms with Gasteiger partial charge in [-0.2, -0.15) is 0 Å². The number of aromatic nitrogens is 2. The number of hydrogen-bond acceptors (Lipinski definition) is 5. The Morgan fingerprint density at radius 2 is 1.81 bits per heavy atom. The van der Waals surface area contributed by atoms with Gasteiger partial charge in [-0.05, 0) is 69.0 Å². The molecule has 3 aromatic rings. The first-order valence-electron chi connectivity index (χ1n) is 11.4. The Morgan fingerprint density at radius 1 is 1.09 bits per heavy atom. The van der Waals surface area contributed by atoms with E-state index in [-0.39, 0.29) is 11.5 Å². The zero-order chi connectivity index (χ0) is 22.5. The molecule has 4 rings (SSSR count). The van der Waals surface area contributed by atoms with E-state index in [1.54, 1.807) is 10.6 Å². The number of thioether (sulfide) groups is 1. The van der Waals surface area contributed by atoms with Crippen molar-refractivity contribution in [2.45, 2.75) is 56.5 Å². The van der Waals surface area contributed by atoms with Crippen molar-refractivity contribution in [2.75, 3.05) is 23.3 Å². The van der Waals surface area contributed by atoms with Crippen molar-refractivity contribution < 1.29 is 4.79 Å². The predicted octanol–water partition coefficient (Wildman–Crippen LogP) is 4.92. The monoisotopic (exact) mass is 450 g/mol. The molecule has 1 N–H and O–H groups in total. The van der Waals surface area contributed by atoms with Gasteiger partial charge in [0.25, 0.3) is 5.56 Å². The molecule has 1 aromatic heterocycles. The van der Waals surface area contributed by atoms with Gasteiger partial charge in [-0.15, -0.1) is 0 Å². The zero-order valence-corrected chi connectivity index (χ0v) is 19.5. The summed E-state index contributed by atoms with van der Waals surface area (Å²) >= 11 is 1.32.